The molecule has 2 aromatic rings. The fraction of sp³-hybridized carbons (Fsp3) is 0.0769. The summed E-state index contributed by atoms with van der Waals surface area (Å²) in [7, 11) is 0. The summed E-state index contributed by atoms with van der Waals surface area (Å²) < 4.78 is 40.9. The van der Waals surface area contributed by atoms with Crippen molar-refractivity contribution in [1.29, 1.82) is 0 Å². The first-order valence-electron chi connectivity index (χ1n) is 5.34. The molecule has 98 valence electrons. The number of rotatable bonds is 3. The third kappa shape index (κ3) is 2.42. The second-order valence-electron chi connectivity index (χ2n) is 3.83. The van der Waals surface area contributed by atoms with Gasteiger partial charge in [0, 0.05) is 23.5 Å². The maximum absolute atomic E-state index is 14.3. The van der Waals surface area contributed by atoms with Crippen molar-refractivity contribution in [2.24, 2.45) is 5.73 Å². The number of carbonyl (C=O) groups excluding carboxylic acids is 1. The minimum atomic E-state index is -2.00. The number of primary amides is 1. The number of nitrogens with zero attached hydrogens (tertiary/aromatic N) is 1. The van der Waals surface area contributed by atoms with Crippen LogP contribution in [0.5, 0.6) is 0 Å². The van der Waals surface area contributed by atoms with E-state index in [1.807, 2.05) is 0 Å². The van der Waals surface area contributed by atoms with Crippen LogP contribution in [0.2, 0.25) is 0 Å². The van der Waals surface area contributed by atoms with Crippen molar-refractivity contribution in [2.45, 2.75) is 6.17 Å². The van der Waals surface area contributed by atoms with Gasteiger partial charge in [-0.3, -0.25) is 9.78 Å². The molecule has 19 heavy (non-hydrogen) atoms. The third-order valence-electron chi connectivity index (χ3n) is 2.65. The summed E-state index contributed by atoms with van der Waals surface area (Å²) in [6.07, 6.45) is 0.328. The zero-order chi connectivity index (χ0) is 14.0. The first-order valence-corrected chi connectivity index (χ1v) is 5.34. The van der Waals surface area contributed by atoms with Crippen LogP contribution in [0.1, 0.15) is 27.7 Å². The van der Waals surface area contributed by atoms with Gasteiger partial charge >= 0.3 is 0 Å². The molecule has 0 saturated carbocycles. The molecule has 6 heteroatoms. The van der Waals surface area contributed by atoms with Gasteiger partial charge in [0.25, 0.3) is 5.91 Å². The molecule has 0 aliphatic carbocycles. The number of pyridine rings is 1. The lowest BCUT2D eigenvalue weighted by atomic mass is 9.99. The highest BCUT2D eigenvalue weighted by atomic mass is 19.2. The van der Waals surface area contributed by atoms with Crippen LogP contribution in [0.15, 0.2) is 36.7 Å². The summed E-state index contributed by atoms with van der Waals surface area (Å²) in [6.45, 7) is 0. The molecule has 0 radical (unpaired) electrons. The number of benzene rings is 1. The molecule has 1 amide bonds. The highest BCUT2D eigenvalue weighted by Crippen LogP contribution is 2.30. The summed E-state index contributed by atoms with van der Waals surface area (Å²) in [4.78, 5) is 14.8. The van der Waals surface area contributed by atoms with E-state index in [9.17, 15) is 18.0 Å². The molecular formula is C13H9F3N2O. The number of alkyl halides is 1. The van der Waals surface area contributed by atoms with Crippen molar-refractivity contribution in [1.82, 2.24) is 4.98 Å². The Kier molecular flexibility index (Phi) is 3.50. The number of halogens is 3. The zero-order valence-corrected chi connectivity index (χ0v) is 9.61. The van der Waals surface area contributed by atoms with Crippen LogP contribution in [0.25, 0.3) is 0 Å². The molecule has 0 aliphatic heterocycles. The molecule has 0 aliphatic rings. The molecule has 1 unspecified atom stereocenters. The first-order chi connectivity index (χ1) is 9.02. The van der Waals surface area contributed by atoms with Gasteiger partial charge in [-0.15, -0.1) is 0 Å². The van der Waals surface area contributed by atoms with Crippen molar-refractivity contribution in [3.8, 4) is 0 Å². The number of hydrogen-bond acceptors (Lipinski definition) is 2. The van der Waals surface area contributed by atoms with Crippen molar-refractivity contribution < 1.29 is 18.0 Å². The Bertz CT molecular complexity index is 631. The Morgan fingerprint density at radius 2 is 1.95 bits per heavy atom. The van der Waals surface area contributed by atoms with Crippen LogP contribution in [-0.4, -0.2) is 10.9 Å². The van der Waals surface area contributed by atoms with E-state index in [2.05, 4.69) is 4.98 Å². The molecule has 1 heterocycles. The predicted molar refractivity (Wildman–Crippen MR) is 62.1 cm³/mol. The van der Waals surface area contributed by atoms with E-state index < -0.39 is 29.3 Å². The molecule has 2 rings (SSSR count). The van der Waals surface area contributed by atoms with Gasteiger partial charge < -0.3 is 5.73 Å². The largest absolute Gasteiger partial charge is 0.366 e. The molecule has 1 atom stereocenters. The molecular weight excluding hydrogens is 257 g/mol. The Morgan fingerprint density at radius 3 is 2.63 bits per heavy atom. The number of hydrogen-bond donors (Lipinski definition) is 1. The van der Waals surface area contributed by atoms with Gasteiger partial charge in [-0.1, -0.05) is 12.1 Å². The van der Waals surface area contributed by atoms with E-state index in [1.54, 1.807) is 0 Å². The van der Waals surface area contributed by atoms with Gasteiger partial charge in [-0.25, -0.2) is 13.2 Å². The smallest absolute Gasteiger partial charge is 0.250 e. The molecule has 0 fully saturated rings. The number of carbonyl (C=O) groups is 1. The van der Waals surface area contributed by atoms with E-state index in [0.717, 1.165) is 18.3 Å². The lowest BCUT2D eigenvalue weighted by Gasteiger charge is -2.12. The van der Waals surface area contributed by atoms with E-state index in [4.69, 9.17) is 5.73 Å². The topological polar surface area (TPSA) is 56.0 Å². The van der Waals surface area contributed by atoms with Crippen molar-refractivity contribution >= 4 is 5.91 Å². The quantitative estimate of drug-likeness (QED) is 0.928. The Labute approximate surface area is 106 Å². The molecule has 1 aromatic heterocycles. The maximum Gasteiger partial charge on any atom is 0.250 e. The zero-order valence-electron chi connectivity index (χ0n) is 9.61. The van der Waals surface area contributed by atoms with Crippen LogP contribution >= 0.6 is 0 Å². The summed E-state index contributed by atoms with van der Waals surface area (Å²) in [5.41, 5.74) is 4.28. The van der Waals surface area contributed by atoms with Gasteiger partial charge in [0.05, 0.1) is 5.56 Å². The Morgan fingerprint density at radius 1 is 1.21 bits per heavy atom. The van der Waals surface area contributed by atoms with Gasteiger partial charge in [-0.2, -0.15) is 0 Å². The number of amides is 1. The molecule has 2 N–H and O–H groups in total. The second kappa shape index (κ2) is 5.09. The van der Waals surface area contributed by atoms with E-state index in [0.29, 0.717) is 0 Å². The van der Waals surface area contributed by atoms with Crippen LogP contribution in [0.3, 0.4) is 0 Å². The third-order valence-corrected chi connectivity index (χ3v) is 2.65. The first kappa shape index (κ1) is 13.1. The molecule has 0 bridgehead atoms. The van der Waals surface area contributed by atoms with Gasteiger partial charge in [0.15, 0.2) is 17.8 Å². The standard InChI is InChI=1S/C13H9F3N2O/c14-10-3-1-2-8(12(10)16)11(15)7-4-5-18-6-9(7)13(17)19/h1-6,11H,(H2,17,19). The van der Waals surface area contributed by atoms with Gasteiger partial charge in [0.1, 0.15) is 0 Å². The average molecular weight is 266 g/mol. The second-order valence-corrected chi connectivity index (χ2v) is 3.83. The normalized spacial score (nSPS) is 12.2. The van der Waals surface area contributed by atoms with Crippen LogP contribution in [0, 0.1) is 11.6 Å². The predicted octanol–water partition coefficient (Wildman–Crippen LogP) is 2.52. The highest BCUT2D eigenvalue weighted by Gasteiger charge is 2.23. The molecule has 3 nitrogen and oxygen atoms in total. The number of nitrogens with two attached hydrogens (primary N) is 1. The monoisotopic (exact) mass is 266 g/mol. The molecule has 0 saturated heterocycles. The van der Waals surface area contributed by atoms with E-state index in [1.165, 1.54) is 18.3 Å². The summed E-state index contributed by atoms with van der Waals surface area (Å²) >= 11 is 0. The summed E-state index contributed by atoms with van der Waals surface area (Å²) in [5.74, 6) is -3.33. The van der Waals surface area contributed by atoms with Gasteiger partial charge in [0.2, 0.25) is 0 Å². The van der Waals surface area contributed by atoms with Crippen LogP contribution in [-0.2, 0) is 0 Å². The Hall–Kier alpha value is -2.37. The van der Waals surface area contributed by atoms with Crippen LogP contribution in [0.4, 0.5) is 13.2 Å². The SMILES string of the molecule is NC(=O)c1cnccc1C(F)c1cccc(F)c1F. The molecule has 0 spiro atoms. The van der Waals surface area contributed by atoms with Crippen molar-refractivity contribution in [3.05, 3.63) is 65.0 Å². The minimum Gasteiger partial charge on any atom is -0.366 e. The fourth-order valence-corrected chi connectivity index (χ4v) is 1.72. The van der Waals surface area contributed by atoms with E-state index in [-0.39, 0.29) is 11.1 Å². The lowest BCUT2D eigenvalue weighted by Crippen LogP contribution is -2.15. The Balaban J connectivity index is 2.53. The highest BCUT2D eigenvalue weighted by molar-refractivity contribution is 5.94. The number of aromatic nitrogens is 1. The van der Waals surface area contributed by atoms with Crippen molar-refractivity contribution in [3.63, 3.8) is 0 Å². The van der Waals surface area contributed by atoms with Gasteiger partial charge in [-0.05, 0) is 12.1 Å². The summed E-state index contributed by atoms with van der Waals surface area (Å²) in [6, 6.07) is 4.38. The fourth-order valence-electron chi connectivity index (χ4n) is 1.72. The molecule has 1 aromatic carbocycles. The summed E-state index contributed by atoms with van der Waals surface area (Å²) in [5, 5.41) is 0. The van der Waals surface area contributed by atoms with E-state index >= 15 is 0 Å². The van der Waals surface area contributed by atoms with Crippen molar-refractivity contribution in [2.75, 3.05) is 0 Å². The van der Waals surface area contributed by atoms with Crippen LogP contribution < -0.4 is 5.73 Å². The maximum atomic E-state index is 14.3. The minimum absolute atomic E-state index is 0.146. The average Bonchev–Trinajstić information content (AvgIpc) is 2.41. The lowest BCUT2D eigenvalue weighted by molar-refractivity contribution is 0.0997.